The molecule has 0 unspecified atom stereocenters. The summed E-state index contributed by atoms with van der Waals surface area (Å²) in [4.78, 5) is 55.1. The number of esters is 4. The maximum atomic E-state index is 13.5. The molecule has 0 rings (SSSR count). The summed E-state index contributed by atoms with van der Waals surface area (Å²) in [5.41, 5.74) is -1.22. The molecule has 0 aliphatic heterocycles. The fourth-order valence-electron chi connectivity index (χ4n) is 6.92. The zero-order valence-corrected chi connectivity index (χ0v) is 37.0. The second-order valence-electron chi connectivity index (χ2n) is 16.7. The SMILES string of the molecule is CCCCCCCC(=O)OCC(COC(=O)CCCCN(C)C)(COC(=O)CC(CCCCC)CCCCC)COC(=O)CC(CCCCC)CCCCC. The van der Waals surface area contributed by atoms with Gasteiger partial charge in [0.25, 0.3) is 0 Å². The lowest BCUT2D eigenvalue weighted by atomic mass is 9.90. The highest BCUT2D eigenvalue weighted by Crippen LogP contribution is 2.27. The van der Waals surface area contributed by atoms with Crippen molar-refractivity contribution in [1.82, 2.24) is 4.90 Å². The lowest BCUT2D eigenvalue weighted by Gasteiger charge is -2.32. The van der Waals surface area contributed by atoms with E-state index >= 15 is 0 Å². The molecule has 0 atom stereocenters. The molecule has 0 aliphatic carbocycles. The van der Waals surface area contributed by atoms with Gasteiger partial charge in [0.05, 0.1) is 0 Å². The van der Waals surface area contributed by atoms with E-state index in [2.05, 4.69) is 39.5 Å². The summed E-state index contributed by atoms with van der Waals surface area (Å²) in [6.45, 7) is 11.0. The number of carbonyl (C=O) groups excluding carboxylic acids is 4. The van der Waals surface area contributed by atoms with Crippen LogP contribution in [0.3, 0.4) is 0 Å². The van der Waals surface area contributed by atoms with Gasteiger partial charge in [-0.05, 0) is 77.4 Å². The quantitative estimate of drug-likeness (QED) is 0.0342. The molecule has 0 radical (unpaired) electrons. The van der Waals surface area contributed by atoms with E-state index in [1.807, 2.05) is 14.1 Å². The fourth-order valence-corrected chi connectivity index (χ4v) is 6.92. The number of hydrogen-bond acceptors (Lipinski definition) is 9. The third-order valence-electron chi connectivity index (χ3n) is 10.7. The number of nitrogens with zero attached hydrogens (tertiary/aromatic N) is 1. The molecule has 9 heteroatoms. The topological polar surface area (TPSA) is 108 Å². The zero-order valence-electron chi connectivity index (χ0n) is 37.0. The Hall–Kier alpha value is -2.16. The first-order chi connectivity index (χ1) is 26.5. The van der Waals surface area contributed by atoms with Gasteiger partial charge in [-0.3, -0.25) is 19.2 Å². The summed E-state index contributed by atoms with van der Waals surface area (Å²) in [6, 6.07) is 0. The Labute approximate surface area is 338 Å². The van der Waals surface area contributed by atoms with Gasteiger partial charge >= 0.3 is 23.9 Å². The average molecular weight is 782 g/mol. The molecule has 0 aromatic heterocycles. The molecule has 0 heterocycles. The highest BCUT2D eigenvalue weighted by molar-refractivity contribution is 5.71. The molecule has 55 heavy (non-hydrogen) atoms. The van der Waals surface area contributed by atoms with Crippen LogP contribution >= 0.6 is 0 Å². The first-order valence-electron chi connectivity index (χ1n) is 22.8. The lowest BCUT2D eigenvalue weighted by Crippen LogP contribution is -2.44. The van der Waals surface area contributed by atoms with Crippen LogP contribution in [0.2, 0.25) is 0 Å². The summed E-state index contributed by atoms with van der Waals surface area (Å²) >= 11 is 0. The van der Waals surface area contributed by atoms with Crippen LogP contribution in [0, 0.1) is 17.3 Å². The predicted octanol–water partition coefficient (Wildman–Crippen LogP) is 11.6. The molecule has 0 saturated heterocycles. The van der Waals surface area contributed by atoms with Crippen molar-refractivity contribution < 1.29 is 38.1 Å². The molecule has 0 aliphatic rings. The van der Waals surface area contributed by atoms with Crippen LogP contribution in [0.25, 0.3) is 0 Å². The third-order valence-corrected chi connectivity index (χ3v) is 10.7. The maximum absolute atomic E-state index is 13.5. The Morgan fingerprint density at radius 1 is 0.418 bits per heavy atom. The van der Waals surface area contributed by atoms with Crippen LogP contribution in [0.15, 0.2) is 0 Å². The Morgan fingerprint density at radius 2 is 0.727 bits per heavy atom. The van der Waals surface area contributed by atoms with Crippen molar-refractivity contribution in [2.75, 3.05) is 47.1 Å². The second kappa shape index (κ2) is 36.2. The largest absolute Gasteiger partial charge is 0.465 e. The molecule has 324 valence electrons. The van der Waals surface area contributed by atoms with Crippen LogP contribution in [-0.2, 0) is 38.1 Å². The van der Waals surface area contributed by atoms with Gasteiger partial charge in [-0.15, -0.1) is 0 Å². The summed E-state index contributed by atoms with van der Waals surface area (Å²) in [6.07, 6.45) is 24.9. The Morgan fingerprint density at radius 3 is 1.07 bits per heavy atom. The first-order valence-corrected chi connectivity index (χ1v) is 22.8. The smallest absolute Gasteiger partial charge is 0.306 e. The van der Waals surface area contributed by atoms with Gasteiger partial charge in [0.2, 0.25) is 0 Å². The highest BCUT2D eigenvalue weighted by Gasteiger charge is 2.38. The van der Waals surface area contributed by atoms with Crippen LogP contribution < -0.4 is 0 Å². The molecule has 0 aromatic rings. The molecule has 0 amide bonds. The molecule has 0 saturated carbocycles. The molecular weight excluding hydrogens is 695 g/mol. The monoisotopic (exact) mass is 782 g/mol. The van der Waals surface area contributed by atoms with Crippen molar-refractivity contribution in [3.05, 3.63) is 0 Å². The predicted molar refractivity (Wildman–Crippen MR) is 225 cm³/mol. The van der Waals surface area contributed by atoms with Crippen molar-refractivity contribution in [3.63, 3.8) is 0 Å². The van der Waals surface area contributed by atoms with E-state index in [4.69, 9.17) is 18.9 Å². The Balaban J connectivity index is 6.15. The summed E-state index contributed by atoms with van der Waals surface area (Å²) in [5.74, 6) is -0.897. The maximum Gasteiger partial charge on any atom is 0.306 e. The normalized spacial score (nSPS) is 11.7. The van der Waals surface area contributed by atoms with Crippen molar-refractivity contribution >= 4 is 23.9 Å². The van der Waals surface area contributed by atoms with Crippen LogP contribution in [0.1, 0.15) is 208 Å². The second-order valence-corrected chi connectivity index (χ2v) is 16.7. The molecule has 0 spiro atoms. The van der Waals surface area contributed by atoms with Gasteiger partial charge in [0.1, 0.15) is 31.8 Å². The average Bonchev–Trinajstić information content (AvgIpc) is 3.16. The minimum atomic E-state index is -1.22. The van der Waals surface area contributed by atoms with E-state index in [-0.39, 0.29) is 75.0 Å². The number of rotatable bonds is 39. The molecular formula is C46H87NO8. The highest BCUT2D eigenvalue weighted by atomic mass is 16.6. The van der Waals surface area contributed by atoms with Crippen molar-refractivity contribution in [2.45, 2.75) is 208 Å². The molecule has 9 nitrogen and oxygen atoms in total. The summed E-state index contributed by atoms with van der Waals surface area (Å²) < 4.78 is 23.7. The van der Waals surface area contributed by atoms with Crippen molar-refractivity contribution in [2.24, 2.45) is 17.3 Å². The first kappa shape index (κ1) is 52.8. The third kappa shape index (κ3) is 31.6. The van der Waals surface area contributed by atoms with Crippen molar-refractivity contribution in [3.8, 4) is 0 Å². The standard InChI is InChI=1S/C46H87NO8/c1-8-13-18-19-24-31-42(48)52-36-46(37-53-43(49)32-25-26-33-47(6)7,38-54-44(50)34-40(27-20-14-9-2)28-21-15-10-3)39-55-45(51)35-41(29-22-16-11-4)30-23-17-12-5/h40-41H,8-39H2,1-7H3. The fraction of sp³-hybridized carbons (Fsp3) is 0.913. The molecule has 0 bridgehead atoms. The summed E-state index contributed by atoms with van der Waals surface area (Å²) in [5, 5.41) is 0. The Bertz CT molecular complexity index is 892. The number of hydrogen-bond donors (Lipinski definition) is 0. The number of carbonyl (C=O) groups is 4. The van der Waals surface area contributed by atoms with Crippen molar-refractivity contribution in [1.29, 1.82) is 0 Å². The van der Waals surface area contributed by atoms with E-state index < -0.39 is 5.41 Å². The number of unbranched alkanes of at least 4 members (excludes halogenated alkanes) is 13. The van der Waals surface area contributed by atoms with E-state index in [9.17, 15) is 19.2 Å². The summed E-state index contributed by atoms with van der Waals surface area (Å²) in [7, 11) is 4.00. The van der Waals surface area contributed by atoms with Gasteiger partial charge in [-0.25, -0.2) is 0 Å². The van der Waals surface area contributed by atoms with Gasteiger partial charge in [0.15, 0.2) is 0 Å². The van der Waals surface area contributed by atoms with E-state index in [1.54, 1.807) is 0 Å². The van der Waals surface area contributed by atoms with E-state index in [0.717, 1.165) is 148 Å². The van der Waals surface area contributed by atoms with Gasteiger partial charge in [-0.1, -0.05) is 137 Å². The van der Waals surface area contributed by atoms with Gasteiger partial charge < -0.3 is 23.8 Å². The van der Waals surface area contributed by atoms with Crippen LogP contribution in [0.5, 0.6) is 0 Å². The number of ether oxygens (including phenoxy) is 4. The molecule has 0 fully saturated rings. The van der Waals surface area contributed by atoms with Crippen LogP contribution in [0.4, 0.5) is 0 Å². The molecule has 0 N–H and O–H groups in total. The Kier molecular flexibility index (Phi) is 34.8. The lowest BCUT2D eigenvalue weighted by molar-refractivity contribution is -0.171. The minimum absolute atomic E-state index is 0.177. The van der Waals surface area contributed by atoms with Gasteiger partial charge in [-0.2, -0.15) is 0 Å². The minimum Gasteiger partial charge on any atom is -0.465 e. The zero-order chi connectivity index (χ0) is 41.0. The van der Waals surface area contributed by atoms with Gasteiger partial charge in [0, 0.05) is 25.7 Å². The van der Waals surface area contributed by atoms with E-state index in [1.165, 1.54) is 0 Å². The van der Waals surface area contributed by atoms with Crippen LogP contribution in [-0.4, -0.2) is 75.8 Å². The van der Waals surface area contributed by atoms with E-state index in [0.29, 0.717) is 19.3 Å². The molecule has 0 aromatic carbocycles.